The van der Waals surface area contributed by atoms with Crippen LogP contribution in [0.1, 0.15) is 33.6 Å². The van der Waals surface area contributed by atoms with Crippen molar-refractivity contribution in [2.45, 2.75) is 45.3 Å². The van der Waals surface area contributed by atoms with Gasteiger partial charge in [-0.15, -0.1) is 0 Å². The average molecular weight is 171 g/mol. The Morgan fingerprint density at radius 3 is 2.42 bits per heavy atom. The van der Waals surface area contributed by atoms with E-state index in [-0.39, 0.29) is 5.60 Å². The van der Waals surface area contributed by atoms with E-state index in [1.807, 2.05) is 0 Å². The second-order valence-electron chi connectivity index (χ2n) is 4.18. The van der Waals surface area contributed by atoms with Crippen molar-refractivity contribution in [2.24, 2.45) is 5.92 Å². The van der Waals surface area contributed by atoms with Gasteiger partial charge in [0.2, 0.25) is 0 Å². The van der Waals surface area contributed by atoms with Crippen molar-refractivity contribution in [3.63, 3.8) is 0 Å². The smallest absolute Gasteiger partial charge is 0.0777 e. The Morgan fingerprint density at radius 2 is 2.08 bits per heavy atom. The molecule has 12 heavy (non-hydrogen) atoms. The number of nitrogens with one attached hydrogen (secondary N) is 1. The van der Waals surface area contributed by atoms with E-state index in [4.69, 9.17) is 4.74 Å². The van der Waals surface area contributed by atoms with Gasteiger partial charge in [0.05, 0.1) is 5.60 Å². The topological polar surface area (TPSA) is 21.3 Å². The lowest BCUT2D eigenvalue weighted by atomic mass is 9.94. The van der Waals surface area contributed by atoms with E-state index in [1.54, 1.807) is 7.11 Å². The molecule has 0 aromatic rings. The zero-order valence-electron chi connectivity index (χ0n) is 8.68. The van der Waals surface area contributed by atoms with Gasteiger partial charge >= 0.3 is 0 Å². The van der Waals surface area contributed by atoms with Crippen molar-refractivity contribution in [3.8, 4) is 0 Å². The predicted molar refractivity (Wildman–Crippen MR) is 51.3 cm³/mol. The van der Waals surface area contributed by atoms with Gasteiger partial charge in [-0.25, -0.2) is 0 Å². The van der Waals surface area contributed by atoms with E-state index in [1.165, 1.54) is 12.8 Å². The molecule has 72 valence electrons. The lowest BCUT2D eigenvalue weighted by Crippen LogP contribution is -2.49. The predicted octanol–water partition coefficient (Wildman–Crippen LogP) is 1.80. The molecule has 1 fully saturated rings. The average Bonchev–Trinajstić information content (AvgIpc) is 2.83. The minimum absolute atomic E-state index is 0.0167. The summed E-state index contributed by atoms with van der Waals surface area (Å²) in [5.41, 5.74) is -0.0167. The highest BCUT2D eigenvalue weighted by atomic mass is 16.5. The van der Waals surface area contributed by atoms with Crippen molar-refractivity contribution < 1.29 is 4.74 Å². The summed E-state index contributed by atoms with van der Waals surface area (Å²) in [4.78, 5) is 0. The molecule has 1 aliphatic rings. The van der Waals surface area contributed by atoms with Gasteiger partial charge in [0, 0.05) is 13.2 Å². The van der Waals surface area contributed by atoms with Crippen LogP contribution in [-0.4, -0.2) is 25.3 Å². The van der Waals surface area contributed by atoms with E-state index in [2.05, 4.69) is 26.1 Å². The van der Waals surface area contributed by atoms with Crippen LogP contribution in [0.2, 0.25) is 0 Å². The van der Waals surface area contributed by atoms with Crippen molar-refractivity contribution in [3.05, 3.63) is 0 Å². The molecule has 0 radical (unpaired) electrons. The van der Waals surface area contributed by atoms with Gasteiger partial charge in [0.15, 0.2) is 0 Å². The van der Waals surface area contributed by atoms with Crippen LogP contribution in [0.4, 0.5) is 0 Å². The molecular weight excluding hydrogens is 150 g/mol. The third kappa shape index (κ3) is 2.20. The highest BCUT2D eigenvalue weighted by Gasteiger charge is 2.40. The maximum atomic E-state index is 5.49. The van der Waals surface area contributed by atoms with Gasteiger partial charge in [-0.2, -0.15) is 0 Å². The van der Waals surface area contributed by atoms with Crippen LogP contribution in [0.5, 0.6) is 0 Å². The first-order valence-electron chi connectivity index (χ1n) is 4.90. The second-order valence-corrected chi connectivity index (χ2v) is 4.18. The number of hydrogen-bond acceptors (Lipinski definition) is 2. The molecule has 1 saturated carbocycles. The molecule has 0 aromatic carbocycles. The van der Waals surface area contributed by atoms with E-state index in [0.29, 0.717) is 6.04 Å². The summed E-state index contributed by atoms with van der Waals surface area (Å²) in [5, 5.41) is 3.51. The Labute approximate surface area is 75.7 Å². The quantitative estimate of drug-likeness (QED) is 0.681. The molecule has 1 N–H and O–H groups in total. The molecule has 1 unspecified atom stereocenters. The highest BCUT2D eigenvalue weighted by Crippen LogP contribution is 2.38. The van der Waals surface area contributed by atoms with Crippen LogP contribution in [-0.2, 0) is 4.74 Å². The van der Waals surface area contributed by atoms with Gasteiger partial charge in [-0.3, -0.25) is 0 Å². The summed E-state index contributed by atoms with van der Waals surface area (Å²) < 4.78 is 5.49. The van der Waals surface area contributed by atoms with Crippen LogP contribution >= 0.6 is 0 Å². The lowest BCUT2D eigenvalue weighted by molar-refractivity contribution is -0.0161. The monoisotopic (exact) mass is 171 g/mol. The first kappa shape index (κ1) is 10.0. The van der Waals surface area contributed by atoms with Gasteiger partial charge in [0.25, 0.3) is 0 Å². The molecule has 0 heterocycles. The summed E-state index contributed by atoms with van der Waals surface area (Å²) in [5.74, 6) is 0.847. The minimum atomic E-state index is -0.0167. The summed E-state index contributed by atoms with van der Waals surface area (Å²) in [7, 11) is 1.80. The SMILES string of the molecule is CCNC(C1CC1)C(C)(C)OC. The molecule has 0 spiro atoms. The Morgan fingerprint density at radius 1 is 1.50 bits per heavy atom. The Bertz CT molecular complexity index is 141. The second kappa shape index (κ2) is 3.75. The van der Waals surface area contributed by atoms with E-state index < -0.39 is 0 Å². The molecular formula is C10H21NO. The van der Waals surface area contributed by atoms with Gasteiger partial charge in [-0.1, -0.05) is 6.92 Å². The fourth-order valence-corrected chi connectivity index (χ4v) is 1.76. The zero-order chi connectivity index (χ0) is 9.19. The van der Waals surface area contributed by atoms with Crippen LogP contribution in [0.15, 0.2) is 0 Å². The van der Waals surface area contributed by atoms with Crippen LogP contribution in [0.3, 0.4) is 0 Å². The molecule has 0 aliphatic heterocycles. The van der Waals surface area contributed by atoms with Gasteiger partial charge in [0.1, 0.15) is 0 Å². The number of hydrogen-bond donors (Lipinski definition) is 1. The third-order valence-corrected chi connectivity index (χ3v) is 2.79. The normalized spacial score (nSPS) is 21.0. The number of ether oxygens (including phenoxy) is 1. The number of rotatable bonds is 5. The largest absolute Gasteiger partial charge is 0.377 e. The first-order valence-corrected chi connectivity index (χ1v) is 4.90. The Kier molecular flexibility index (Phi) is 3.13. The molecule has 0 aromatic heterocycles. The summed E-state index contributed by atoms with van der Waals surface area (Å²) >= 11 is 0. The van der Waals surface area contributed by atoms with E-state index >= 15 is 0 Å². The first-order chi connectivity index (χ1) is 5.61. The molecule has 2 heteroatoms. The fraction of sp³-hybridized carbons (Fsp3) is 1.00. The van der Waals surface area contributed by atoms with E-state index in [9.17, 15) is 0 Å². The van der Waals surface area contributed by atoms with Crippen molar-refractivity contribution in [1.82, 2.24) is 5.32 Å². The Hall–Kier alpha value is -0.0800. The maximum Gasteiger partial charge on any atom is 0.0777 e. The highest BCUT2D eigenvalue weighted by molar-refractivity contribution is 4.96. The van der Waals surface area contributed by atoms with Crippen LogP contribution < -0.4 is 5.32 Å². The Balaban J connectivity index is 2.50. The summed E-state index contributed by atoms with van der Waals surface area (Å²) in [6.45, 7) is 7.52. The zero-order valence-corrected chi connectivity index (χ0v) is 8.68. The molecule has 1 rings (SSSR count). The maximum absolute atomic E-state index is 5.49. The van der Waals surface area contributed by atoms with E-state index in [0.717, 1.165) is 12.5 Å². The van der Waals surface area contributed by atoms with Gasteiger partial charge in [-0.05, 0) is 39.2 Å². The third-order valence-electron chi connectivity index (χ3n) is 2.79. The fourth-order valence-electron chi connectivity index (χ4n) is 1.76. The van der Waals surface area contributed by atoms with Crippen molar-refractivity contribution in [2.75, 3.05) is 13.7 Å². The molecule has 0 saturated heterocycles. The van der Waals surface area contributed by atoms with Crippen LogP contribution in [0.25, 0.3) is 0 Å². The molecule has 1 atom stereocenters. The minimum Gasteiger partial charge on any atom is -0.377 e. The lowest BCUT2D eigenvalue weighted by Gasteiger charge is -2.33. The van der Waals surface area contributed by atoms with Gasteiger partial charge < -0.3 is 10.1 Å². The molecule has 0 amide bonds. The van der Waals surface area contributed by atoms with Crippen molar-refractivity contribution in [1.29, 1.82) is 0 Å². The number of likely N-dealkylation sites (N-methyl/N-ethyl adjacent to an activating group) is 1. The summed E-state index contributed by atoms with van der Waals surface area (Å²) in [6.07, 6.45) is 2.73. The molecule has 1 aliphatic carbocycles. The molecule has 2 nitrogen and oxygen atoms in total. The standard InChI is InChI=1S/C10H21NO/c1-5-11-9(8-6-7-8)10(2,3)12-4/h8-9,11H,5-7H2,1-4H3. The van der Waals surface area contributed by atoms with Crippen LogP contribution in [0, 0.1) is 5.92 Å². The molecule has 0 bridgehead atoms. The van der Waals surface area contributed by atoms with Crippen molar-refractivity contribution >= 4 is 0 Å². The summed E-state index contributed by atoms with van der Waals surface area (Å²) in [6, 6.07) is 0.535. The number of methoxy groups -OCH3 is 1.